The van der Waals surface area contributed by atoms with E-state index < -0.39 is 0 Å². The second-order valence-corrected chi connectivity index (χ2v) is 10.5. The highest BCUT2D eigenvalue weighted by Crippen LogP contribution is 2.33. The molecule has 4 nitrogen and oxygen atoms in total. The molecule has 0 aliphatic heterocycles. The van der Waals surface area contributed by atoms with Gasteiger partial charge in [-0.1, -0.05) is 121 Å². The number of rotatable bonds is 5. The third-order valence-electron chi connectivity index (χ3n) is 7.74. The summed E-state index contributed by atoms with van der Waals surface area (Å²) in [5.41, 5.74) is 9.79. The predicted molar refractivity (Wildman–Crippen MR) is 174 cm³/mol. The predicted octanol–water partition coefficient (Wildman–Crippen LogP) is 10.1. The van der Waals surface area contributed by atoms with E-state index in [4.69, 9.17) is 19.4 Å². The lowest BCUT2D eigenvalue weighted by Gasteiger charge is -2.10. The molecule has 0 unspecified atom stereocenters. The summed E-state index contributed by atoms with van der Waals surface area (Å²) in [6, 6.07) is 51.7. The van der Waals surface area contributed by atoms with Gasteiger partial charge in [0.15, 0.2) is 11.4 Å². The molecule has 6 aromatic carbocycles. The first-order chi connectivity index (χ1) is 21.3. The van der Waals surface area contributed by atoms with Crippen LogP contribution in [0, 0.1) is 0 Å². The zero-order valence-electron chi connectivity index (χ0n) is 23.2. The zero-order valence-corrected chi connectivity index (χ0v) is 23.2. The van der Waals surface area contributed by atoms with Crippen LogP contribution in [0.4, 0.5) is 0 Å². The van der Waals surface area contributed by atoms with E-state index >= 15 is 0 Å². The molecular weight excluding hydrogens is 526 g/mol. The molecule has 4 heteroatoms. The Morgan fingerprint density at radius 3 is 1.58 bits per heavy atom. The van der Waals surface area contributed by atoms with Crippen LogP contribution in [0.15, 0.2) is 156 Å². The second kappa shape index (κ2) is 10.5. The number of hydrogen-bond donors (Lipinski definition) is 0. The molecule has 0 N–H and O–H groups in total. The lowest BCUT2D eigenvalue weighted by atomic mass is 9.99. The van der Waals surface area contributed by atoms with Crippen LogP contribution < -0.4 is 0 Å². The third kappa shape index (κ3) is 4.75. The van der Waals surface area contributed by atoms with Gasteiger partial charge in [0.1, 0.15) is 5.52 Å². The molecule has 0 aliphatic rings. The topological polar surface area (TPSA) is 51.8 Å². The molecule has 0 amide bonds. The summed E-state index contributed by atoms with van der Waals surface area (Å²) < 4.78 is 6.08. The highest BCUT2D eigenvalue weighted by Gasteiger charge is 2.13. The first kappa shape index (κ1) is 24.9. The van der Waals surface area contributed by atoms with Crippen LogP contribution in [-0.2, 0) is 0 Å². The minimum absolute atomic E-state index is 0.636. The molecule has 2 aromatic heterocycles. The van der Waals surface area contributed by atoms with Crippen LogP contribution in [0.3, 0.4) is 0 Å². The lowest BCUT2D eigenvalue weighted by Crippen LogP contribution is -1.95. The van der Waals surface area contributed by atoms with Crippen molar-refractivity contribution < 1.29 is 4.42 Å². The van der Waals surface area contributed by atoms with Gasteiger partial charge in [0.25, 0.3) is 0 Å². The minimum atomic E-state index is 0.636. The molecule has 43 heavy (non-hydrogen) atoms. The number of fused-ring (bicyclic) bond motifs is 3. The van der Waals surface area contributed by atoms with Gasteiger partial charge in [0.05, 0.1) is 11.4 Å². The fraction of sp³-hybridized carbons (Fsp3) is 0. The minimum Gasteiger partial charge on any atom is -0.436 e. The maximum Gasteiger partial charge on any atom is 0.227 e. The van der Waals surface area contributed by atoms with Gasteiger partial charge in [0, 0.05) is 27.6 Å². The Kier molecular flexibility index (Phi) is 6.08. The van der Waals surface area contributed by atoms with Gasteiger partial charge in [-0.25, -0.2) is 15.0 Å². The van der Waals surface area contributed by atoms with E-state index in [9.17, 15) is 0 Å². The summed E-state index contributed by atoms with van der Waals surface area (Å²) in [6.45, 7) is 0. The molecule has 0 fully saturated rings. The van der Waals surface area contributed by atoms with E-state index in [-0.39, 0.29) is 0 Å². The van der Waals surface area contributed by atoms with E-state index in [1.54, 1.807) is 0 Å². The molecule has 202 valence electrons. The normalized spacial score (nSPS) is 11.3. The first-order valence-electron chi connectivity index (χ1n) is 14.3. The van der Waals surface area contributed by atoms with Gasteiger partial charge >= 0.3 is 0 Å². The summed E-state index contributed by atoms with van der Waals surface area (Å²) in [6.07, 6.45) is 0. The number of aromatic nitrogens is 3. The van der Waals surface area contributed by atoms with Crippen molar-refractivity contribution in [2.45, 2.75) is 0 Å². The Morgan fingerprint density at radius 1 is 0.395 bits per heavy atom. The van der Waals surface area contributed by atoms with Crippen molar-refractivity contribution >= 4 is 21.9 Å². The highest BCUT2D eigenvalue weighted by atomic mass is 16.3. The number of nitrogens with zero attached hydrogens (tertiary/aromatic N) is 3. The Bertz CT molecular complexity index is 2150. The van der Waals surface area contributed by atoms with E-state index in [1.807, 2.05) is 72.8 Å². The summed E-state index contributed by atoms with van der Waals surface area (Å²) in [7, 11) is 0. The van der Waals surface area contributed by atoms with Gasteiger partial charge in [-0.2, -0.15) is 0 Å². The van der Waals surface area contributed by atoms with Crippen LogP contribution >= 0.6 is 0 Å². The second-order valence-electron chi connectivity index (χ2n) is 10.5. The number of hydrogen-bond acceptors (Lipinski definition) is 4. The van der Waals surface area contributed by atoms with E-state index in [1.165, 1.54) is 0 Å². The maximum absolute atomic E-state index is 6.08. The summed E-state index contributed by atoms with van der Waals surface area (Å²) in [5, 5.41) is 2.19. The third-order valence-corrected chi connectivity index (χ3v) is 7.74. The number of benzene rings is 6. The first-order valence-corrected chi connectivity index (χ1v) is 14.3. The average Bonchev–Trinajstić information content (AvgIpc) is 3.54. The molecule has 8 rings (SSSR count). The van der Waals surface area contributed by atoms with Gasteiger partial charge < -0.3 is 4.42 Å². The van der Waals surface area contributed by atoms with Crippen LogP contribution in [0.1, 0.15) is 0 Å². The molecule has 0 saturated carbocycles. The lowest BCUT2D eigenvalue weighted by molar-refractivity contribution is 0.620. The monoisotopic (exact) mass is 551 g/mol. The molecule has 0 aliphatic carbocycles. The zero-order chi connectivity index (χ0) is 28.6. The van der Waals surface area contributed by atoms with Crippen molar-refractivity contribution in [1.82, 2.24) is 15.0 Å². The van der Waals surface area contributed by atoms with Crippen molar-refractivity contribution in [3.8, 4) is 56.5 Å². The van der Waals surface area contributed by atoms with Gasteiger partial charge in [-0.3, -0.25) is 0 Å². The Hall–Kier alpha value is -5.87. The van der Waals surface area contributed by atoms with Crippen LogP contribution in [-0.4, -0.2) is 15.0 Å². The molecule has 0 atom stereocenters. The molecule has 2 heterocycles. The summed E-state index contributed by atoms with van der Waals surface area (Å²) in [5.74, 6) is 1.34. The Morgan fingerprint density at radius 2 is 0.953 bits per heavy atom. The van der Waals surface area contributed by atoms with Gasteiger partial charge in [-0.05, 0) is 46.8 Å². The Balaban J connectivity index is 1.15. The van der Waals surface area contributed by atoms with Crippen molar-refractivity contribution in [3.05, 3.63) is 152 Å². The fourth-order valence-electron chi connectivity index (χ4n) is 5.51. The largest absolute Gasteiger partial charge is 0.436 e. The summed E-state index contributed by atoms with van der Waals surface area (Å²) >= 11 is 0. The number of oxazole rings is 1. The van der Waals surface area contributed by atoms with E-state index in [0.29, 0.717) is 11.7 Å². The Labute approximate surface area is 249 Å². The van der Waals surface area contributed by atoms with Crippen LogP contribution in [0.5, 0.6) is 0 Å². The van der Waals surface area contributed by atoms with Crippen LogP contribution in [0.25, 0.3) is 78.4 Å². The van der Waals surface area contributed by atoms with Crippen molar-refractivity contribution in [3.63, 3.8) is 0 Å². The summed E-state index contributed by atoms with van der Waals surface area (Å²) in [4.78, 5) is 14.8. The average molecular weight is 552 g/mol. The SMILES string of the molecule is c1ccc(-c2cc(-c3ccccc3)nc(-c3ccc(-c4ccc5c(ccc6oc(-c7ccccc7)nc65)c4)cc3)n2)cc1. The molecule has 0 saturated heterocycles. The van der Waals surface area contributed by atoms with Crippen molar-refractivity contribution in [1.29, 1.82) is 0 Å². The molecular formula is C39H25N3O. The molecule has 0 radical (unpaired) electrons. The van der Waals surface area contributed by atoms with Crippen molar-refractivity contribution in [2.24, 2.45) is 0 Å². The smallest absolute Gasteiger partial charge is 0.227 e. The highest BCUT2D eigenvalue weighted by molar-refractivity contribution is 6.05. The van der Waals surface area contributed by atoms with Gasteiger partial charge in [0.2, 0.25) is 5.89 Å². The van der Waals surface area contributed by atoms with Crippen LogP contribution in [0.2, 0.25) is 0 Å². The van der Waals surface area contributed by atoms with Gasteiger partial charge in [-0.15, -0.1) is 0 Å². The molecule has 0 bridgehead atoms. The van der Waals surface area contributed by atoms with E-state index in [0.717, 1.165) is 66.6 Å². The van der Waals surface area contributed by atoms with Crippen molar-refractivity contribution in [2.75, 3.05) is 0 Å². The maximum atomic E-state index is 6.08. The fourth-order valence-corrected chi connectivity index (χ4v) is 5.51. The van der Waals surface area contributed by atoms with E-state index in [2.05, 4.69) is 78.9 Å². The quantitative estimate of drug-likeness (QED) is 0.214. The standard InChI is InChI=1S/C39H25N3O/c1-4-10-27(11-5-1)34-25-35(28-12-6-2-7-13-28)41-38(40-34)29-18-16-26(17-19-29)31-20-22-33-32(24-31)21-23-36-37(33)42-39(43-36)30-14-8-3-9-15-30/h1-25H. The molecule has 8 aromatic rings. The molecule has 0 spiro atoms.